The van der Waals surface area contributed by atoms with Crippen molar-refractivity contribution in [2.75, 3.05) is 13.1 Å². The molecule has 0 saturated carbocycles. The van der Waals surface area contributed by atoms with Crippen molar-refractivity contribution in [3.05, 3.63) is 47.2 Å². The number of hydrogen-bond donors (Lipinski definition) is 1. The molecule has 1 saturated heterocycles. The number of carboxylic acid groups (broad SMARTS) is 1. The van der Waals surface area contributed by atoms with Crippen LogP contribution in [0.1, 0.15) is 30.3 Å². The predicted molar refractivity (Wildman–Crippen MR) is 90.0 cm³/mol. The predicted octanol–water partition coefficient (Wildman–Crippen LogP) is 3.93. The monoisotopic (exact) mass is 347 g/mol. The second-order valence-electron chi connectivity index (χ2n) is 6.34. The van der Waals surface area contributed by atoms with Gasteiger partial charge >= 0.3 is 5.97 Å². The molecule has 1 N–H and O–H groups in total. The Morgan fingerprint density at radius 3 is 2.71 bits per heavy atom. The van der Waals surface area contributed by atoms with Crippen LogP contribution in [0.25, 0.3) is 11.3 Å². The number of nitrogens with zero attached hydrogens (tertiary/aromatic N) is 1. The van der Waals surface area contributed by atoms with Gasteiger partial charge in [-0.15, -0.1) is 0 Å². The zero-order valence-corrected chi connectivity index (χ0v) is 14.0. The van der Waals surface area contributed by atoms with Crippen LogP contribution in [0.2, 0.25) is 5.02 Å². The number of piperidine rings is 1. The zero-order valence-electron chi connectivity index (χ0n) is 13.3. The van der Waals surface area contributed by atoms with Gasteiger partial charge in [-0.3, -0.25) is 9.59 Å². The molecule has 0 aliphatic carbocycles. The van der Waals surface area contributed by atoms with Gasteiger partial charge in [0.2, 0.25) is 0 Å². The van der Waals surface area contributed by atoms with E-state index in [0.29, 0.717) is 35.7 Å². The van der Waals surface area contributed by atoms with Gasteiger partial charge in [0.1, 0.15) is 5.76 Å². The molecule has 0 bridgehead atoms. The number of rotatable bonds is 3. The third-order valence-corrected chi connectivity index (χ3v) is 4.79. The zero-order chi connectivity index (χ0) is 17.3. The van der Waals surface area contributed by atoms with Crippen LogP contribution in [-0.4, -0.2) is 35.0 Å². The average molecular weight is 348 g/mol. The largest absolute Gasteiger partial charge is 0.481 e. The lowest BCUT2D eigenvalue weighted by Gasteiger charge is -2.37. The Balaban J connectivity index is 1.81. The molecule has 1 amide bonds. The maximum absolute atomic E-state index is 12.6. The van der Waals surface area contributed by atoms with Gasteiger partial charge in [-0.05, 0) is 44.0 Å². The lowest BCUT2D eigenvalue weighted by molar-refractivity contribution is -0.150. The Morgan fingerprint density at radius 2 is 2.00 bits per heavy atom. The van der Waals surface area contributed by atoms with Crippen molar-refractivity contribution in [2.45, 2.75) is 19.8 Å². The standard InChI is InChI=1S/C18H18ClNO4/c1-18(17(22)23)9-4-10-20(11-18)16(21)15-8-7-14(24-15)12-5-2-3-6-13(12)19/h2-3,5-8H,4,9-11H2,1H3,(H,22,23). The molecule has 1 aliphatic rings. The van der Waals surface area contributed by atoms with Crippen LogP contribution >= 0.6 is 11.6 Å². The summed E-state index contributed by atoms with van der Waals surface area (Å²) in [7, 11) is 0. The molecule has 1 aliphatic heterocycles. The summed E-state index contributed by atoms with van der Waals surface area (Å²) in [5.74, 6) is -0.460. The smallest absolute Gasteiger partial charge is 0.311 e. The average Bonchev–Trinajstić information content (AvgIpc) is 3.04. The highest BCUT2D eigenvalue weighted by molar-refractivity contribution is 6.33. The molecule has 1 atom stereocenters. The number of amides is 1. The Hall–Kier alpha value is -2.27. The van der Waals surface area contributed by atoms with E-state index in [-0.39, 0.29) is 18.2 Å². The first-order chi connectivity index (χ1) is 11.4. The normalized spacial score (nSPS) is 20.8. The van der Waals surface area contributed by atoms with Crippen LogP contribution in [0, 0.1) is 5.41 Å². The summed E-state index contributed by atoms with van der Waals surface area (Å²) in [6.07, 6.45) is 1.22. The first-order valence-corrected chi connectivity index (χ1v) is 8.16. The highest BCUT2D eigenvalue weighted by atomic mass is 35.5. The summed E-state index contributed by atoms with van der Waals surface area (Å²) >= 11 is 6.15. The van der Waals surface area contributed by atoms with Crippen molar-refractivity contribution in [2.24, 2.45) is 5.41 Å². The van der Waals surface area contributed by atoms with E-state index >= 15 is 0 Å². The van der Waals surface area contributed by atoms with Gasteiger partial charge in [0, 0.05) is 18.7 Å². The highest BCUT2D eigenvalue weighted by Crippen LogP contribution is 2.32. The number of furan rings is 1. The van der Waals surface area contributed by atoms with E-state index in [1.54, 1.807) is 30.0 Å². The van der Waals surface area contributed by atoms with Crippen LogP contribution in [0.15, 0.2) is 40.8 Å². The number of aliphatic carboxylic acids is 1. The van der Waals surface area contributed by atoms with Gasteiger partial charge in [-0.1, -0.05) is 23.7 Å². The van der Waals surface area contributed by atoms with Crippen molar-refractivity contribution in [1.82, 2.24) is 4.90 Å². The van der Waals surface area contributed by atoms with Gasteiger partial charge in [-0.25, -0.2) is 0 Å². The minimum atomic E-state index is -0.911. The molecule has 0 radical (unpaired) electrons. The van der Waals surface area contributed by atoms with Crippen molar-refractivity contribution in [3.8, 4) is 11.3 Å². The van der Waals surface area contributed by atoms with E-state index in [9.17, 15) is 14.7 Å². The lowest BCUT2D eigenvalue weighted by Crippen LogP contribution is -2.48. The molecule has 2 aromatic rings. The van der Waals surface area contributed by atoms with Crippen molar-refractivity contribution < 1.29 is 19.1 Å². The lowest BCUT2D eigenvalue weighted by atomic mass is 9.82. The van der Waals surface area contributed by atoms with Gasteiger partial charge in [0.15, 0.2) is 5.76 Å². The summed E-state index contributed by atoms with van der Waals surface area (Å²) in [5.41, 5.74) is -0.196. The number of hydrogen-bond acceptors (Lipinski definition) is 3. The molecular formula is C18H18ClNO4. The van der Waals surface area contributed by atoms with Crippen molar-refractivity contribution in [1.29, 1.82) is 0 Å². The maximum Gasteiger partial charge on any atom is 0.311 e. The Kier molecular flexibility index (Phi) is 4.37. The Morgan fingerprint density at radius 1 is 1.25 bits per heavy atom. The Bertz CT molecular complexity index is 785. The third kappa shape index (κ3) is 3.04. The summed E-state index contributed by atoms with van der Waals surface area (Å²) < 4.78 is 5.67. The minimum absolute atomic E-state index is 0.184. The van der Waals surface area contributed by atoms with Crippen LogP contribution in [0.3, 0.4) is 0 Å². The van der Waals surface area contributed by atoms with Crippen LogP contribution < -0.4 is 0 Å². The molecule has 1 aromatic heterocycles. The fraction of sp³-hybridized carbons (Fsp3) is 0.333. The molecule has 1 aromatic carbocycles. The van der Waals surface area contributed by atoms with E-state index < -0.39 is 11.4 Å². The Labute approximate surface area is 144 Å². The van der Waals surface area contributed by atoms with E-state index in [2.05, 4.69) is 0 Å². The summed E-state index contributed by atoms with van der Waals surface area (Å²) in [5, 5.41) is 9.92. The van der Waals surface area contributed by atoms with E-state index in [4.69, 9.17) is 16.0 Å². The SMILES string of the molecule is CC1(C(=O)O)CCCN(C(=O)c2ccc(-c3ccccc3Cl)o2)C1. The number of likely N-dealkylation sites (tertiary alicyclic amines) is 1. The van der Waals surface area contributed by atoms with E-state index in [1.165, 1.54) is 0 Å². The second-order valence-corrected chi connectivity index (χ2v) is 6.75. The topological polar surface area (TPSA) is 70.8 Å². The molecule has 1 fully saturated rings. The minimum Gasteiger partial charge on any atom is -0.481 e. The molecule has 5 nitrogen and oxygen atoms in total. The molecule has 24 heavy (non-hydrogen) atoms. The van der Waals surface area contributed by atoms with Crippen molar-refractivity contribution >= 4 is 23.5 Å². The number of carbonyl (C=O) groups is 2. The molecule has 0 spiro atoms. The summed E-state index contributed by atoms with van der Waals surface area (Å²) in [4.78, 5) is 25.6. The number of carbonyl (C=O) groups excluding carboxylic acids is 1. The van der Waals surface area contributed by atoms with E-state index in [1.807, 2.05) is 18.2 Å². The fourth-order valence-corrected chi connectivity index (χ4v) is 3.23. The van der Waals surface area contributed by atoms with Crippen molar-refractivity contribution in [3.63, 3.8) is 0 Å². The number of benzene rings is 1. The number of carboxylic acids is 1. The maximum atomic E-state index is 12.6. The second kappa shape index (κ2) is 6.32. The fourth-order valence-electron chi connectivity index (χ4n) is 3.00. The number of halogens is 1. The quantitative estimate of drug-likeness (QED) is 0.913. The molecule has 126 valence electrons. The van der Waals surface area contributed by atoms with Crippen LogP contribution in [0.5, 0.6) is 0 Å². The summed E-state index contributed by atoms with van der Waals surface area (Å²) in [6.45, 7) is 2.39. The van der Waals surface area contributed by atoms with Gasteiger partial charge in [-0.2, -0.15) is 0 Å². The van der Waals surface area contributed by atoms with Gasteiger partial charge < -0.3 is 14.4 Å². The molecule has 6 heteroatoms. The van der Waals surface area contributed by atoms with Gasteiger partial charge in [0.05, 0.1) is 10.4 Å². The first-order valence-electron chi connectivity index (χ1n) is 7.78. The summed E-state index contributed by atoms with van der Waals surface area (Å²) in [6, 6.07) is 10.5. The molecule has 3 rings (SSSR count). The van der Waals surface area contributed by atoms with Crippen LogP contribution in [-0.2, 0) is 4.79 Å². The van der Waals surface area contributed by atoms with E-state index in [0.717, 1.165) is 0 Å². The van der Waals surface area contributed by atoms with Crippen LogP contribution in [0.4, 0.5) is 0 Å². The highest BCUT2D eigenvalue weighted by Gasteiger charge is 2.40. The molecule has 1 unspecified atom stereocenters. The molecular weight excluding hydrogens is 330 g/mol. The first kappa shape index (κ1) is 16.6. The molecule has 2 heterocycles. The third-order valence-electron chi connectivity index (χ3n) is 4.46. The van der Waals surface area contributed by atoms with Gasteiger partial charge in [0.25, 0.3) is 5.91 Å².